The van der Waals surface area contributed by atoms with E-state index in [9.17, 15) is 8.42 Å². The first-order valence-electron chi connectivity index (χ1n) is 6.47. The zero-order valence-corrected chi connectivity index (χ0v) is 12.7. The summed E-state index contributed by atoms with van der Waals surface area (Å²) in [5.74, 6) is 5.33. The smallest absolute Gasteiger partial charge is 0.244 e. The van der Waals surface area contributed by atoms with Crippen molar-refractivity contribution in [1.82, 2.24) is 14.7 Å². The van der Waals surface area contributed by atoms with E-state index < -0.39 is 10.0 Å². The highest BCUT2D eigenvalue weighted by Gasteiger charge is 2.26. The highest BCUT2D eigenvalue weighted by Crippen LogP contribution is 2.34. The molecule has 1 aliphatic carbocycles. The van der Waals surface area contributed by atoms with Gasteiger partial charge in [0.25, 0.3) is 0 Å². The van der Waals surface area contributed by atoms with Crippen molar-refractivity contribution in [3.63, 3.8) is 0 Å². The summed E-state index contributed by atoms with van der Waals surface area (Å²) in [6.07, 6.45) is 5.27. The van der Waals surface area contributed by atoms with E-state index in [1.165, 1.54) is 17.3 Å². The molecule has 0 amide bonds. The molecule has 0 radical (unpaired) electrons. The minimum absolute atomic E-state index is 0.0313. The van der Waals surface area contributed by atoms with Crippen molar-refractivity contribution in [2.75, 3.05) is 5.43 Å². The molecule has 0 aliphatic heterocycles. The van der Waals surface area contributed by atoms with Gasteiger partial charge >= 0.3 is 0 Å². The quantitative estimate of drug-likeness (QED) is 0.575. The summed E-state index contributed by atoms with van der Waals surface area (Å²) in [6.45, 7) is 0. The summed E-state index contributed by atoms with van der Waals surface area (Å²) < 4.78 is 27.5. The molecule has 1 unspecified atom stereocenters. The van der Waals surface area contributed by atoms with E-state index in [4.69, 9.17) is 5.84 Å². The topological polar surface area (TPSA) is 110 Å². The standard InChI is InChI=1S/C12H15N5O2S2/c13-16-12-14-6-8(7-15-12)21(18,19)17-10-2-1-3-11-9(10)4-5-20-11/h4-7,10,17H,1-3,13H2,(H,14,15,16). The number of hydrogen-bond donors (Lipinski definition) is 3. The molecular formula is C12H15N5O2S2. The first-order valence-corrected chi connectivity index (χ1v) is 8.84. The molecule has 1 aliphatic rings. The molecule has 0 spiro atoms. The first-order chi connectivity index (χ1) is 10.1. The average Bonchev–Trinajstić information content (AvgIpc) is 2.97. The summed E-state index contributed by atoms with van der Waals surface area (Å²) in [7, 11) is -3.64. The highest BCUT2D eigenvalue weighted by molar-refractivity contribution is 7.89. The van der Waals surface area contributed by atoms with Crippen molar-refractivity contribution >= 4 is 27.3 Å². The van der Waals surface area contributed by atoms with Gasteiger partial charge in [0, 0.05) is 10.9 Å². The third-order valence-corrected chi connectivity index (χ3v) is 5.84. The molecule has 0 bridgehead atoms. The van der Waals surface area contributed by atoms with E-state index in [2.05, 4.69) is 20.1 Å². The number of aromatic nitrogens is 2. The molecule has 2 aromatic rings. The van der Waals surface area contributed by atoms with Gasteiger partial charge in [-0.25, -0.2) is 29.0 Å². The van der Waals surface area contributed by atoms with Crippen LogP contribution in [0.3, 0.4) is 0 Å². The Morgan fingerprint density at radius 2 is 2.10 bits per heavy atom. The predicted molar refractivity (Wildman–Crippen MR) is 80.2 cm³/mol. The van der Waals surface area contributed by atoms with E-state index in [-0.39, 0.29) is 16.9 Å². The number of aryl methyl sites for hydroxylation is 1. The zero-order chi connectivity index (χ0) is 14.9. The second-order valence-electron chi connectivity index (χ2n) is 4.75. The van der Waals surface area contributed by atoms with Gasteiger partial charge in [0.1, 0.15) is 4.90 Å². The minimum atomic E-state index is -3.64. The lowest BCUT2D eigenvalue weighted by atomic mass is 9.95. The molecule has 4 N–H and O–H groups in total. The van der Waals surface area contributed by atoms with Crippen molar-refractivity contribution < 1.29 is 8.42 Å². The maximum absolute atomic E-state index is 12.4. The SMILES string of the molecule is NNc1ncc(S(=O)(=O)NC2CCCc3sccc32)cn1. The maximum atomic E-state index is 12.4. The average molecular weight is 325 g/mol. The van der Waals surface area contributed by atoms with E-state index >= 15 is 0 Å². The Morgan fingerprint density at radius 1 is 1.33 bits per heavy atom. The van der Waals surface area contributed by atoms with Crippen LogP contribution in [0.5, 0.6) is 0 Å². The summed E-state index contributed by atoms with van der Waals surface area (Å²) in [5, 5.41) is 2.00. The Labute approximate surface area is 126 Å². The van der Waals surface area contributed by atoms with Crippen LogP contribution in [0.2, 0.25) is 0 Å². The molecule has 0 saturated carbocycles. The number of nitrogens with zero attached hydrogens (tertiary/aromatic N) is 2. The van der Waals surface area contributed by atoms with E-state index in [1.807, 2.05) is 11.4 Å². The van der Waals surface area contributed by atoms with Crippen LogP contribution in [0.15, 0.2) is 28.7 Å². The fourth-order valence-electron chi connectivity index (χ4n) is 2.39. The number of sulfonamides is 1. The Balaban J connectivity index is 1.84. The minimum Gasteiger partial charge on any atom is -0.292 e. The molecule has 2 aromatic heterocycles. The second-order valence-corrected chi connectivity index (χ2v) is 7.47. The number of nitrogen functional groups attached to an aromatic ring is 1. The van der Waals surface area contributed by atoms with Gasteiger partial charge in [-0.3, -0.25) is 5.43 Å². The van der Waals surface area contributed by atoms with Crippen LogP contribution < -0.4 is 16.0 Å². The Bertz CT molecular complexity index is 726. The fourth-order valence-corrected chi connectivity index (χ4v) is 4.52. The van der Waals surface area contributed by atoms with Crippen LogP contribution in [0.4, 0.5) is 5.95 Å². The molecule has 21 heavy (non-hydrogen) atoms. The van der Waals surface area contributed by atoms with Gasteiger partial charge in [0.2, 0.25) is 16.0 Å². The maximum Gasteiger partial charge on any atom is 0.244 e. The van der Waals surface area contributed by atoms with Crippen molar-refractivity contribution in [1.29, 1.82) is 0 Å². The summed E-state index contributed by atoms with van der Waals surface area (Å²) in [4.78, 5) is 8.94. The number of hydrazine groups is 1. The number of hydrogen-bond acceptors (Lipinski definition) is 7. The molecule has 0 saturated heterocycles. The molecular weight excluding hydrogens is 310 g/mol. The molecule has 2 heterocycles. The van der Waals surface area contributed by atoms with Gasteiger partial charge in [0.15, 0.2) is 0 Å². The number of nitrogens with one attached hydrogen (secondary N) is 2. The van der Waals surface area contributed by atoms with E-state index in [0.29, 0.717) is 0 Å². The Kier molecular flexibility index (Phi) is 3.89. The Morgan fingerprint density at radius 3 is 2.81 bits per heavy atom. The van der Waals surface area contributed by atoms with Crippen LogP contribution in [-0.4, -0.2) is 18.4 Å². The number of thiophene rings is 1. The van der Waals surface area contributed by atoms with Crippen molar-refractivity contribution in [2.24, 2.45) is 5.84 Å². The third-order valence-electron chi connectivity index (χ3n) is 3.42. The van der Waals surface area contributed by atoms with E-state index in [0.717, 1.165) is 24.8 Å². The van der Waals surface area contributed by atoms with Crippen LogP contribution in [0.25, 0.3) is 0 Å². The van der Waals surface area contributed by atoms with Crippen LogP contribution in [-0.2, 0) is 16.4 Å². The molecule has 3 rings (SSSR count). The molecule has 112 valence electrons. The van der Waals surface area contributed by atoms with Crippen LogP contribution in [0.1, 0.15) is 29.3 Å². The monoisotopic (exact) mass is 325 g/mol. The zero-order valence-electron chi connectivity index (χ0n) is 11.1. The first kappa shape index (κ1) is 14.4. The summed E-state index contributed by atoms with van der Waals surface area (Å²) in [5.41, 5.74) is 3.34. The van der Waals surface area contributed by atoms with Crippen molar-refractivity contribution in [2.45, 2.75) is 30.2 Å². The second kappa shape index (κ2) is 5.68. The van der Waals surface area contributed by atoms with Gasteiger partial charge in [-0.1, -0.05) is 0 Å². The lowest BCUT2D eigenvalue weighted by molar-refractivity contribution is 0.511. The summed E-state index contributed by atoms with van der Waals surface area (Å²) in [6, 6.07) is 1.81. The van der Waals surface area contributed by atoms with Gasteiger partial charge in [-0.05, 0) is 36.3 Å². The third kappa shape index (κ3) is 2.91. The summed E-state index contributed by atoms with van der Waals surface area (Å²) >= 11 is 1.67. The number of anilines is 1. The van der Waals surface area contributed by atoms with E-state index in [1.54, 1.807) is 11.3 Å². The van der Waals surface area contributed by atoms with Crippen molar-refractivity contribution in [3.05, 3.63) is 34.3 Å². The number of rotatable bonds is 4. The predicted octanol–water partition coefficient (Wildman–Crippen LogP) is 1.18. The van der Waals surface area contributed by atoms with Gasteiger partial charge in [-0.15, -0.1) is 11.3 Å². The molecule has 9 heteroatoms. The highest BCUT2D eigenvalue weighted by atomic mass is 32.2. The molecule has 0 aromatic carbocycles. The normalized spacial score (nSPS) is 18.2. The molecule has 0 fully saturated rings. The fraction of sp³-hybridized carbons (Fsp3) is 0.333. The molecule has 1 atom stereocenters. The van der Waals surface area contributed by atoms with Crippen LogP contribution in [0, 0.1) is 0 Å². The van der Waals surface area contributed by atoms with Gasteiger partial charge in [0.05, 0.1) is 12.4 Å². The number of fused-ring (bicyclic) bond motifs is 1. The lowest BCUT2D eigenvalue weighted by Crippen LogP contribution is -2.30. The van der Waals surface area contributed by atoms with Gasteiger partial charge in [-0.2, -0.15) is 0 Å². The van der Waals surface area contributed by atoms with Gasteiger partial charge < -0.3 is 0 Å². The Hall–Kier alpha value is -1.55. The number of nitrogens with two attached hydrogens (primary N) is 1. The van der Waals surface area contributed by atoms with Crippen LogP contribution >= 0.6 is 11.3 Å². The lowest BCUT2D eigenvalue weighted by Gasteiger charge is -2.23. The molecule has 7 nitrogen and oxygen atoms in total. The largest absolute Gasteiger partial charge is 0.292 e. The van der Waals surface area contributed by atoms with Crippen molar-refractivity contribution in [3.8, 4) is 0 Å².